The van der Waals surface area contributed by atoms with Crippen molar-refractivity contribution in [1.29, 1.82) is 0 Å². The summed E-state index contributed by atoms with van der Waals surface area (Å²) in [5.41, 5.74) is 0.853. The zero-order chi connectivity index (χ0) is 15.2. The maximum absolute atomic E-state index is 11.8. The molecule has 0 N–H and O–H groups in total. The summed E-state index contributed by atoms with van der Waals surface area (Å²) in [5.74, 6) is -1.61. The van der Waals surface area contributed by atoms with Crippen LogP contribution in [0.5, 0.6) is 0 Å². The van der Waals surface area contributed by atoms with Crippen molar-refractivity contribution in [3.63, 3.8) is 0 Å². The third kappa shape index (κ3) is 5.55. The van der Waals surface area contributed by atoms with Gasteiger partial charge in [-0.2, -0.15) is 13.2 Å². The van der Waals surface area contributed by atoms with Crippen LogP contribution in [0.15, 0.2) is 30.3 Å². The van der Waals surface area contributed by atoms with Crippen molar-refractivity contribution >= 4 is 18.0 Å². The summed E-state index contributed by atoms with van der Waals surface area (Å²) in [7, 11) is 1.24. The summed E-state index contributed by atoms with van der Waals surface area (Å²) >= 11 is 0. The molecule has 1 aromatic carbocycles. The van der Waals surface area contributed by atoms with Crippen LogP contribution in [0, 0.1) is 0 Å². The quantitative estimate of drug-likeness (QED) is 0.631. The second kappa shape index (κ2) is 6.74. The van der Waals surface area contributed by atoms with Gasteiger partial charge < -0.3 is 9.47 Å². The molecule has 0 amide bonds. The van der Waals surface area contributed by atoms with E-state index >= 15 is 0 Å². The Morgan fingerprint density at radius 2 is 1.80 bits per heavy atom. The lowest BCUT2D eigenvalue weighted by Crippen LogP contribution is -2.19. The smallest absolute Gasteiger partial charge is 0.422 e. The van der Waals surface area contributed by atoms with E-state index in [2.05, 4.69) is 9.47 Å². The Hall–Kier alpha value is -2.31. The number of benzene rings is 1. The van der Waals surface area contributed by atoms with Gasteiger partial charge in [0.1, 0.15) is 0 Å². The molecule has 0 unspecified atom stereocenters. The molecule has 0 atom stereocenters. The van der Waals surface area contributed by atoms with Gasteiger partial charge in [-0.15, -0.1) is 0 Å². The van der Waals surface area contributed by atoms with Crippen molar-refractivity contribution in [2.45, 2.75) is 6.18 Å². The van der Waals surface area contributed by atoms with E-state index in [1.807, 2.05) is 0 Å². The molecular weight excluding hydrogens is 277 g/mol. The Bertz CT molecular complexity index is 503. The van der Waals surface area contributed by atoms with Crippen molar-refractivity contribution in [2.75, 3.05) is 13.7 Å². The third-order valence-corrected chi connectivity index (χ3v) is 2.12. The van der Waals surface area contributed by atoms with Crippen LogP contribution in [0.1, 0.15) is 15.9 Å². The lowest BCUT2D eigenvalue weighted by atomic mass is 10.1. The molecule has 0 aromatic heterocycles. The molecule has 0 bridgehead atoms. The fraction of sp³-hybridized carbons (Fsp3) is 0.231. The number of halogens is 3. The Kier molecular flexibility index (Phi) is 5.31. The van der Waals surface area contributed by atoms with Gasteiger partial charge in [0, 0.05) is 6.08 Å². The van der Waals surface area contributed by atoms with Crippen molar-refractivity contribution < 1.29 is 32.2 Å². The van der Waals surface area contributed by atoms with Gasteiger partial charge >= 0.3 is 18.1 Å². The first kappa shape index (κ1) is 15.7. The highest BCUT2D eigenvalue weighted by Gasteiger charge is 2.29. The molecule has 0 aliphatic heterocycles. The van der Waals surface area contributed by atoms with E-state index in [4.69, 9.17) is 0 Å². The number of carbonyl (C=O) groups is 2. The van der Waals surface area contributed by atoms with Gasteiger partial charge in [0.15, 0.2) is 6.61 Å². The van der Waals surface area contributed by atoms with Crippen molar-refractivity contribution in [3.8, 4) is 0 Å². The number of methoxy groups -OCH3 is 1. The van der Waals surface area contributed by atoms with E-state index < -0.39 is 24.7 Å². The number of carbonyl (C=O) groups excluding carboxylic acids is 2. The first-order chi connectivity index (χ1) is 9.31. The van der Waals surface area contributed by atoms with Gasteiger partial charge in [0.2, 0.25) is 0 Å². The number of rotatable bonds is 4. The van der Waals surface area contributed by atoms with Crippen molar-refractivity contribution in [1.82, 2.24) is 0 Å². The average molecular weight is 288 g/mol. The summed E-state index contributed by atoms with van der Waals surface area (Å²) in [5, 5.41) is 0. The maximum Gasteiger partial charge on any atom is 0.422 e. The molecule has 1 aromatic rings. The van der Waals surface area contributed by atoms with Gasteiger partial charge in [0.25, 0.3) is 0 Å². The molecule has 1 rings (SSSR count). The second-order valence-electron chi connectivity index (χ2n) is 3.67. The van der Waals surface area contributed by atoms with Crippen molar-refractivity contribution in [3.05, 3.63) is 41.5 Å². The Morgan fingerprint density at radius 1 is 1.20 bits per heavy atom. The predicted octanol–water partition coefficient (Wildman–Crippen LogP) is 2.59. The van der Waals surface area contributed by atoms with Crippen LogP contribution in [-0.4, -0.2) is 31.8 Å². The highest BCUT2D eigenvalue weighted by molar-refractivity contribution is 5.90. The molecule has 0 heterocycles. The van der Waals surface area contributed by atoms with E-state index in [0.29, 0.717) is 11.1 Å². The standard InChI is InChI=1S/C13H11F3O4/c1-19-12(18)10-5-2-9(3-6-10)4-7-11(17)20-8-13(14,15)16/h2-7H,8H2,1H3/b7-4+. The largest absolute Gasteiger partial charge is 0.465 e. The van der Waals surface area contributed by atoms with Crippen LogP contribution in [0.3, 0.4) is 0 Å². The Morgan fingerprint density at radius 3 is 2.30 bits per heavy atom. The fourth-order valence-corrected chi connectivity index (χ4v) is 1.21. The van der Waals surface area contributed by atoms with Crippen LogP contribution in [0.4, 0.5) is 13.2 Å². The zero-order valence-electron chi connectivity index (χ0n) is 10.4. The normalized spacial score (nSPS) is 11.4. The molecule has 0 spiro atoms. The SMILES string of the molecule is COC(=O)c1ccc(/C=C/C(=O)OCC(F)(F)F)cc1. The molecule has 20 heavy (non-hydrogen) atoms. The minimum atomic E-state index is -4.55. The number of alkyl halides is 3. The molecule has 108 valence electrons. The molecule has 4 nitrogen and oxygen atoms in total. The van der Waals surface area contributed by atoms with Gasteiger partial charge in [-0.25, -0.2) is 9.59 Å². The van der Waals surface area contributed by atoms with E-state index in [0.717, 1.165) is 6.08 Å². The highest BCUT2D eigenvalue weighted by Crippen LogP contribution is 2.14. The van der Waals surface area contributed by atoms with E-state index in [1.54, 1.807) is 0 Å². The first-order valence-electron chi connectivity index (χ1n) is 5.42. The monoisotopic (exact) mass is 288 g/mol. The molecule has 0 aliphatic carbocycles. The van der Waals surface area contributed by atoms with Gasteiger partial charge in [-0.05, 0) is 23.8 Å². The van der Waals surface area contributed by atoms with Crippen LogP contribution in [-0.2, 0) is 14.3 Å². The lowest BCUT2D eigenvalue weighted by molar-refractivity contribution is -0.182. The fourth-order valence-electron chi connectivity index (χ4n) is 1.21. The van der Waals surface area contributed by atoms with E-state index in [1.165, 1.54) is 37.5 Å². The second-order valence-corrected chi connectivity index (χ2v) is 3.67. The van der Waals surface area contributed by atoms with Gasteiger partial charge in [-0.3, -0.25) is 0 Å². The predicted molar refractivity (Wildman–Crippen MR) is 63.8 cm³/mol. The van der Waals surface area contributed by atoms with E-state index in [-0.39, 0.29) is 0 Å². The number of esters is 2. The van der Waals surface area contributed by atoms with Crippen LogP contribution < -0.4 is 0 Å². The lowest BCUT2D eigenvalue weighted by Gasteiger charge is -2.05. The minimum Gasteiger partial charge on any atom is -0.465 e. The molecule has 0 radical (unpaired) electrons. The molecule has 0 saturated heterocycles. The van der Waals surface area contributed by atoms with Crippen LogP contribution in [0.25, 0.3) is 6.08 Å². The maximum atomic E-state index is 11.8. The summed E-state index contributed by atoms with van der Waals surface area (Å²) in [6, 6.07) is 5.96. The summed E-state index contributed by atoms with van der Waals surface area (Å²) < 4.78 is 43.8. The van der Waals surface area contributed by atoms with Gasteiger partial charge in [-0.1, -0.05) is 12.1 Å². The summed E-state index contributed by atoms with van der Waals surface area (Å²) in [6.45, 7) is -1.63. The number of ether oxygens (including phenoxy) is 2. The van der Waals surface area contributed by atoms with Crippen molar-refractivity contribution in [2.24, 2.45) is 0 Å². The minimum absolute atomic E-state index is 0.323. The molecule has 0 saturated carbocycles. The Balaban J connectivity index is 2.58. The van der Waals surface area contributed by atoms with E-state index in [9.17, 15) is 22.8 Å². The van der Waals surface area contributed by atoms with Crippen LogP contribution >= 0.6 is 0 Å². The molecule has 0 fully saturated rings. The Labute approximate surface area is 112 Å². The van der Waals surface area contributed by atoms with Gasteiger partial charge in [0.05, 0.1) is 12.7 Å². The molecule has 7 heteroatoms. The molecule has 0 aliphatic rings. The summed E-state index contributed by atoms with van der Waals surface area (Å²) in [4.78, 5) is 22.2. The first-order valence-corrected chi connectivity index (χ1v) is 5.42. The topological polar surface area (TPSA) is 52.6 Å². The third-order valence-electron chi connectivity index (χ3n) is 2.12. The summed E-state index contributed by atoms with van der Waals surface area (Å²) in [6.07, 6.45) is -2.40. The molecular formula is C13H11F3O4. The highest BCUT2D eigenvalue weighted by atomic mass is 19.4. The zero-order valence-corrected chi connectivity index (χ0v) is 10.4. The average Bonchev–Trinajstić information content (AvgIpc) is 2.41. The number of hydrogen-bond donors (Lipinski definition) is 0. The van der Waals surface area contributed by atoms with Crippen LogP contribution in [0.2, 0.25) is 0 Å². The number of hydrogen-bond acceptors (Lipinski definition) is 4.